The molecule has 1 aromatic heterocycles. The largest absolute Gasteiger partial charge is 0.439 e. The van der Waals surface area contributed by atoms with Crippen LogP contribution in [0.3, 0.4) is 0 Å². The summed E-state index contributed by atoms with van der Waals surface area (Å²) < 4.78 is 5.66. The van der Waals surface area contributed by atoms with E-state index in [1.165, 1.54) is 0 Å². The first kappa shape index (κ1) is 15.8. The molecule has 2 amide bonds. The van der Waals surface area contributed by atoms with E-state index in [9.17, 15) is 4.79 Å². The van der Waals surface area contributed by atoms with Crippen LogP contribution in [-0.4, -0.2) is 11.0 Å². The van der Waals surface area contributed by atoms with E-state index in [0.717, 1.165) is 11.1 Å². The third-order valence-electron chi connectivity index (χ3n) is 3.66. The van der Waals surface area contributed by atoms with Crippen LogP contribution in [-0.2, 0) is 6.54 Å². The van der Waals surface area contributed by atoms with E-state index in [4.69, 9.17) is 4.42 Å². The van der Waals surface area contributed by atoms with Crippen molar-refractivity contribution < 1.29 is 9.21 Å². The zero-order valence-corrected chi connectivity index (χ0v) is 13.4. The second-order valence-electron chi connectivity index (χ2n) is 5.44. The SMILES string of the molecule is CC(NC(=O)NCc1ncc(-c2ccccc2)o1)c1ccccc1. The van der Waals surface area contributed by atoms with Gasteiger partial charge in [0.1, 0.15) is 0 Å². The number of hydrogen-bond donors (Lipinski definition) is 2. The number of carbonyl (C=O) groups excluding carboxylic acids is 1. The van der Waals surface area contributed by atoms with Crippen molar-refractivity contribution in [3.8, 4) is 11.3 Å². The molecule has 24 heavy (non-hydrogen) atoms. The van der Waals surface area contributed by atoms with Gasteiger partial charge in [-0.15, -0.1) is 0 Å². The highest BCUT2D eigenvalue weighted by molar-refractivity contribution is 5.74. The second-order valence-corrected chi connectivity index (χ2v) is 5.44. The quantitative estimate of drug-likeness (QED) is 0.749. The van der Waals surface area contributed by atoms with Gasteiger partial charge in [0.15, 0.2) is 5.76 Å². The van der Waals surface area contributed by atoms with Gasteiger partial charge in [-0.2, -0.15) is 0 Å². The van der Waals surface area contributed by atoms with Crippen LogP contribution in [0.4, 0.5) is 4.79 Å². The number of oxazole rings is 1. The summed E-state index contributed by atoms with van der Waals surface area (Å²) in [6.07, 6.45) is 1.66. The number of nitrogens with zero attached hydrogens (tertiary/aromatic N) is 1. The van der Waals surface area contributed by atoms with E-state index in [0.29, 0.717) is 11.7 Å². The highest BCUT2D eigenvalue weighted by Crippen LogP contribution is 2.19. The molecule has 5 nitrogen and oxygen atoms in total. The summed E-state index contributed by atoms with van der Waals surface area (Å²) in [6, 6.07) is 19.2. The normalized spacial score (nSPS) is 11.7. The molecule has 2 N–H and O–H groups in total. The first-order chi connectivity index (χ1) is 11.7. The van der Waals surface area contributed by atoms with Crippen molar-refractivity contribution in [2.45, 2.75) is 19.5 Å². The summed E-state index contributed by atoms with van der Waals surface area (Å²) in [4.78, 5) is 16.2. The molecular weight excluding hydrogens is 302 g/mol. The molecule has 0 aliphatic carbocycles. The zero-order valence-electron chi connectivity index (χ0n) is 13.4. The van der Waals surface area contributed by atoms with Crippen molar-refractivity contribution >= 4 is 6.03 Å². The van der Waals surface area contributed by atoms with Gasteiger partial charge in [-0.25, -0.2) is 9.78 Å². The zero-order chi connectivity index (χ0) is 16.8. The maximum absolute atomic E-state index is 12.0. The van der Waals surface area contributed by atoms with E-state index >= 15 is 0 Å². The third kappa shape index (κ3) is 4.01. The molecule has 0 fully saturated rings. The van der Waals surface area contributed by atoms with E-state index in [2.05, 4.69) is 15.6 Å². The minimum Gasteiger partial charge on any atom is -0.439 e. The molecule has 0 aliphatic rings. The summed E-state index contributed by atoms with van der Waals surface area (Å²) in [5.74, 6) is 1.15. The number of amides is 2. The van der Waals surface area contributed by atoms with Crippen molar-refractivity contribution in [3.05, 3.63) is 78.3 Å². The summed E-state index contributed by atoms with van der Waals surface area (Å²) in [5, 5.41) is 5.64. The number of rotatable bonds is 5. The third-order valence-corrected chi connectivity index (χ3v) is 3.66. The summed E-state index contributed by atoms with van der Waals surface area (Å²) in [5.41, 5.74) is 2.01. The topological polar surface area (TPSA) is 67.2 Å². The fourth-order valence-corrected chi connectivity index (χ4v) is 2.36. The van der Waals surface area contributed by atoms with Crippen LogP contribution in [0.1, 0.15) is 24.4 Å². The van der Waals surface area contributed by atoms with Crippen LogP contribution in [0.5, 0.6) is 0 Å². The van der Waals surface area contributed by atoms with Crippen molar-refractivity contribution in [3.63, 3.8) is 0 Å². The molecule has 1 atom stereocenters. The number of aromatic nitrogens is 1. The first-order valence-corrected chi connectivity index (χ1v) is 7.82. The lowest BCUT2D eigenvalue weighted by molar-refractivity contribution is 0.236. The standard InChI is InChI=1S/C19H19N3O2/c1-14(15-8-4-2-5-9-15)22-19(23)21-13-18-20-12-17(24-18)16-10-6-3-7-11-16/h2-12,14H,13H2,1H3,(H2,21,22,23). The smallest absolute Gasteiger partial charge is 0.315 e. The van der Waals surface area contributed by atoms with Crippen molar-refractivity contribution in [2.24, 2.45) is 0 Å². The van der Waals surface area contributed by atoms with Crippen LogP contribution in [0.25, 0.3) is 11.3 Å². The number of benzene rings is 2. The van der Waals surface area contributed by atoms with Gasteiger partial charge in [0.25, 0.3) is 0 Å². The Hall–Kier alpha value is -3.08. The summed E-state index contributed by atoms with van der Waals surface area (Å²) in [6.45, 7) is 2.17. The molecule has 0 radical (unpaired) electrons. The maximum atomic E-state index is 12.0. The fraction of sp³-hybridized carbons (Fsp3) is 0.158. The summed E-state index contributed by atoms with van der Waals surface area (Å²) in [7, 11) is 0. The van der Waals surface area contributed by atoms with Crippen LogP contribution in [0.2, 0.25) is 0 Å². The molecule has 1 unspecified atom stereocenters. The number of urea groups is 1. The molecule has 0 spiro atoms. The van der Waals surface area contributed by atoms with Gasteiger partial charge in [-0.1, -0.05) is 60.7 Å². The Morgan fingerprint density at radius 1 is 1.08 bits per heavy atom. The Morgan fingerprint density at radius 3 is 2.46 bits per heavy atom. The molecule has 0 aliphatic heterocycles. The predicted octanol–water partition coefficient (Wildman–Crippen LogP) is 3.90. The van der Waals surface area contributed by atoms with Gasteiger partial charge >= 0.3 is 6.03 Å². The second kappa shape index (κ2) is 7.46. The molecule has 0 bridgehead atoms. The Bertz CT molecular complexity index is 785. The predicted molar refractivity (Wildman–Crippen MR) is 92.2 cm³/mol. The fourth-order valence-electron chi connectivity index (χ4n) is 2.36. The van der Waals surface area contributed by atoms with Crippen LogP contribution >= 0.6 is 0 Å². The average Bonchev–Trinajstić information content (AvgIpc) is 3.10. The van der Waals surface area contributed by atoms with Crippen LogP contribution < -0.4 is 10.6 Å². The Labute approximate surface area is 140 Å². The van der Waals surface area contributed by atoms with Crippen molar-refractivity contribution in [2.75, 3.05) is 0 Å². The number of hydrogen-bond acceptors (Lipinski definition) is 3. The molecule has 0 saturated carbocycles. The van der Waals surface area contributed by atoms with E-state index in [-0.39, 0.29) is 18.6 Å². The highest BCUT2D eigenvalue weighted by Gasteiger charge is 2.10. The minimum absolute atomic E-state index is 0.0735. The average molecular weight is 321 g/mol. The lowest BCUT2D eigenvalue weighted by atomic mass is 10.1. The molecule has 3 rings (SSSR count). The molecule has 122 valence electrons. The molecular formula is C19H19N3O2. The molecule has 1 heterocycles. The molecule has 5 heteroatoms. The maximum Gasteiger partial charge on any atom is 0.315 e. The highest BCUT2D eigenvalue weighted by atomic mass is 16.4. The van der Waals surface area contributed by atoms with Crippen molar-refractivity contribution in [1.82, 2.24) is 15.6 Å². The van der Waals surface area contributed by atoms with Gasteiger partial charge in [-0.05, 0) is 12.5 Å². The molecule has 3 aromatic rings. The van der Waals surface area contributed by atoms with Crippen molar-refractivity contribution in [1.29, 1.82) is 0 Å². The van der Waals surface area contributed by atoms with Gasteiger partial charge in [-0.3, -0.25) is 0 Å². The van der Waals surface area contributed by atoms with Crippen LogP contribution in [0, 0.1) is 0 Å². The van der Waals surface area contributed by atoms with E-state index < -0.39 is 0 Å². The number of carbonyl (C=O) groups is 1. The Balaban J connectivity index is 1.53. The van der Waals surface area contributed by atoms with Gasteiger partial charge in [0.2, 0.25) is 5.89 Å². The van der Waals surface area contributed by atoms with Crippen LogP contribution in [0.15, 0.2) is 71.3 Å². The number of nitrogens with one attached hydrogen (secondary N) is 2. The monoisotopic (exact) mass is 321 g/mol. The van der Waals surface area contributed by atoms with E-state index in [1.807, 2.05) is 67.6 Å². The van der Waals surface area contributed by atoms with Gasteiger partial charge in [0, 0.05) is 5.56 Å². The van der Waals surface area contributed by atoms with Gasteiger partial charge < -0.3 is 15.1 Å². The van der Waals surface area contributed by atoms with E-state index in [1.54, 1.807) is 6.20 Å². The summed E-state index contributed by atoms with van der Waals surface area (Å²) >= 11 is 0. The van der Waals surface area contributed by atoms with Gasteiger partial charge in [0.05, 0.1) is 18.8 Å². The Morgan fingerprint density at radius 2 is 1.75 bits per heavy atom. The lowest BCUT2D eigenvalue weighted by Crippen LogP contribution is -2.36. The molecule has 2 aromatic carbocycles. The lowest BCUT2D eigenvalue weighted by Gasteiger charge is -2.14. The Kier molecular flexibility index (Phi) is 4.91. The molecule has 0 saturated heterocycles. The first-order valence-electron chi connectivity index (χ1n) is 7.82. The minimum atomic E-state index is -0.259.